The molecule has 0 radical (unpaired) electrons. The second-order valence-electron chi connectivity index (χ2n) is 5.32. The van der Waals surface area contributed by atoms with Crippen molar-refractivity contribution in [3.8, 4) is 0 Å². The molecular weight excluding hydrogens is 276 g/mol. The minimum Gasteiger partial charge on any atom is -0.323 e. The van der Waals surface area contributed by atoms with Crippen molar-refractivity contribution in [2.75, 3.05) is 0 Å². The van der Waals surface area contributed by atoms with Gasteiger partial charge in [-0.15, -0.1) is 11.3 Å². The maximum absolute atomic E-state index is 13.7. The fraction of sp³-hybridized carbons (Fsp3) is 0.375. The number of halogens is 2. The molecule has 0 spiro atoms. The van der Waals surface area contributed by atoms with E-state index in [2.05, 4.69) is 6.07 Å². The smallest absolute Gasteiger partial charge is 0.129 e. The summed E-state index contributed by atoms with van der Waals surface area (Å²) in [6.45, 7) is 0. The Balaban J connectivity index is 1.82. The van der Waals surface area contributed by atoms with Gasteiger partial charge in [0.1, 0.15) is 11.6 Å². The highest BCUT2D eigenvalue weighted by molar-refractivity contribution is 7.12. The van der Waals surface area contributed by atoms with Gasteiger partial charge in [0.15, 0.2) is 0 Å². The summed E-state index contributed by atoms with van der Waals surface area (Å²) in [7, 11) is 0. The van der Waals surface area contributed by atoms with Crippen molar-refractivity contribution in [3.63, 3.8) is 0 Å². The quantitative estimate of drug-likeness (QED) is 0.904. The lowest BCUT2D eigenvalue weighted by molar-refractivity contribution is 0.541. The Morgan fingerprint density at radius 2 is 1.85 bits per heavy atom. The first-order chi connectivity index (χ1) is 9.65. The van der Waals surface area contributed by atoms with Crippen molar-refractivity contribution < 1.29 is 8.78 Å². The predicted octanol–water partition coefficient (Wildman–Crippen LogP) is 4.15. The summed E-state index contributed by atoms with van der Waals surface area (Å²) in [6.07, 6.45) is 4.87. The number of benzene rings is 1. The van der Waals surface area contributed by atoms with Crippen molar-refractivity contribution in [1.29, 1.82) is 0 Å². The zero-order chi connectivity index (χ0) is 14.1. The number of fused-ring (bicyclic) bond motifs is 1. The molecule has 2 aromatic rings. The van der Waals surface area contributed by atoms with Crippen molar-refractivity contribution in [1.82, 2.24) is 0 Å². The zero-order valence-corrected chi connectivity index (χ0v) is 12.0. The molecule has 1 atom stereocenters. The molecule has 4 heteroatoms. The van der Waals surface area contributed by atoms with E-state index in [1.807, 2.05) is 0 Å². The van der Waals surface area contributed by atoms with Crippen LogP contribution < -0.4 is 5.73 Å². The van der Waals surface area contributed by atoms with Crippen LogP contribution in [-0.2, 0) is 19.3 Å². The molecule has 3 rings (SSSR count). The first-order valence-corrected chi connectivity index (χ1v) is 7.76. The van der Waals surface area contributed by atoms with Crippen molar-refractivity contribution in [3.05, 3.63) is 56.8 Å². The number of hydrogen-bond donors (Lipinski definition) is 1. The van der Waals surface area contributed by atoms with Gasteiger partial charge in [-0.25, -0.2) is 8.78 Å². The largest absolute Gasteiger partial charge is 0.323 e. The van der Waals surface area contributed by atoms with E-state index in [4.69, 9.17) is 5.73 Å². The van der Waals surface area contributed by atoms with Crippen LogP contribution in [0.5, 0.6) is 0 Å². The molecule has 0 bridgehead atoms. The summed E-state index contributed by atoms with van der Waals surface area (Å²) in [5.74, 6) is -1.02. The summed E-state index contributed by atoms with van der Waals surface area (Å²) in [5, 5.41) is 0. The summed E-state index contributed by atoms with van der Waals surface area (Å²) in [5.41, 5.74) is 7.62. The Labute approximate surface area is 121 Å². The standard InChI is InChI=1S/C16H17F2NS/c17-12-5-3-6-13(18)11(12)9-14(19)16-8-10-4-1-2-7-15(10)20-16/h3,5-6,8,14H,1-2,4,7,9,19H2. The summed E-state index contributed by atoms with van der Waals surface area (Å²) in [6, 6.07) is 5.73. The van der Waals surface area contributed by atoms with Crippen LogP contribution in [-0.4, -0.2) is 0 Å². The van der Waals surface area contributed by atoms with E-state index < -0.39 is 11.6 Å². The number of rotatable bonds is 3. The van der Waals surface area contributed by atoms with E-state index in [0.717, 1.165) is 17.7 Å². The van der Waals surface area contributed by atoms with Crippen LogP contribution in [0, 0.1) is 11.6 Å². The van der Waals surface area contributed by atoms with E-state index in [1.165, 1.54) is 41.5 Å². The van der Waals surface area contributed by atoms with Gasteiger partial charge in [-0.2, -0.15) is 0 Å². The molecule has 1 aliphatic carbocycles. The van der Waals surface area contributed by atoms with Gasteiger partial charge < -0.3 is 5.73 Å². The van der Waals surface area contributed by atoms with E-state index in [1.54, 1.807) is 11.3 Å². The summed E-state index contributed by atoms with van der Waals surface area (Å²) < 4.78 is 27.3. The van der Waals surface area contributed by atoms with E-state index in [-0.39, 0.29) is 18.0 Å². The Bertz CT molecular complexity index is 577. The maximum atomic E-state index is 13.7. The number of hydrogen-bond acceptors (Lipinski definition) is 2. The van der Waals surface area contributed by atoms with Gasteiger partial charge in [0, 0.05) is 21.4 Å². The molecule has 1 nitrogen and oxygen atoms in total. The highest BCUT2D eigenvalue weighted by atomic mass is 32.1. The molecule has 0 amide bonds. The van der Waals surface area contributed by atoms with Gasteiger partial charge >= 0.3 is 0 Å². The third-order valence-electron chi connectivity index (χ3n) is 3.87. The average molecular weight is 293 g/mol. The van der Waals surface area contributed by atoms with Crippen LogP contribution in [0.1, 0.15) is 39.8 Å². The molecule has 2 N–H and O–H groups in total. The molecule has 106 valence electrons. The molecule has 1 unspecified atom stereocenters. The fourth-order valence-corrected chi connectivity index (χ4v) is 4.00. The van der Waals surface area contributed by atoms with Crippen LogP contribution in [0.2, 0.25) is 0 Å². The highest BCUT2D eigenvalue weighted by Crippen LogP contribution is 2.33. The molecule has 1 aromatic carbocycles. The summed E-state index contributed by atoms with van der Waals surface area (Å²) >= 11 is 1.70. The Morgan fingerprint density at radius 3 is 2.55 bits per heavy atom. The highest BCUT2D eigenvalue weighted by Gasteiger charge is 2.19. The van der Waals surface area contributed by atoms with Crippen LogP contribution in [0.25, 0.3) is 0 Å². The maximum Gasteiger partial charge on any atom is 0.129 e. The SMILES string of the molecule is NC(Cc1c(F)cccc1F)c1cc2c(s1)CCCC2. The molecule has 0 saturated carbocycles. The Morgan fingerprint density at radius 1 is 1.15 bits per heavy atom. The zero-order valence-electron chi connectivity index (χ0n) is 11.2. The molecule has 20 heavy (non-hydrogen) atoms. The monoisotopic (exact) mass is 293 g/mol. The lowest BCUT2D eigenvalue weighted by atomic mass is 9.98. The van der Waals surface area contributed by atoms with Gasteiger partial charge in [0.05, 0.1) is 0 Å². The molecule has 1 aromatic heterocycles. The van der Waals surface area contributed by atoms with E-state index >= 15 is 0 Å². The van der Waals surface area contributed by atoms with Crippen molar-refractivity contribution in [2.24, 2.45) is 5.73 Å². The average Bonchev–Trinajstić information content (AvgIpc) is 2.87. The second-order valence-corrected chi connectivity index (χ2v) is 6.48. The molecule has 0 fully saturated rings. The number of nitrogens with two attached hydrogens (primary N) is 1. The summed E-state index contributed by atoms with van der Waals surface area (Å²) in [4.78, 5) is 2.44. The topological polar surface area (TPSA) is 26.0 Å². The number of thiophene rings is 1. The molecule has 0 aliphatic heterocycles. The van der Waals surface area contributed by atoms with Crippen molar-refractivity contribution in [2.45, 2.75) is 38.1 Å². The van der Waals surface area contributed by atoms with Crippen LogP contribution in [0.15, 0.2) is 24.3 Å². The minimum atomic E-state index is -0.512. The van der Waals surface area contributed by atoms with Crippen LogP contribution in [0.4, 0.5) is 8.78 Å². The molecule has 1 heterocycles. The normalized spacial score (nSPS) is 15.9. The van der Waals surface area contributed by atoms with Gasteiger partial charge in [-0.05, 0) is 55.9 Å². The van der Waals surface area contributed by atoms with Gasteiger partial charge in [-0.1, -0.05) is 6.07 Å². The fourth-order valence-electron chi connectivity index (χ4n) is 2.74. The predicted molar refractivity (Wildman–Crippen MR) is 78.0 cm³/mol. The first-order valence-electron chi connectivity index (χ1n) is 6.95. The third-order valence-corrected chi connectivity index (χ3v) is 5.24. The van der Waals surface area contributed by atoms with Gasteiger partial charge in [-0.3, -0.25) is 0 Å². The number of aryl methyl sites for hydroxylation is 2. The Hall–Kier alpha value is -1.26. The minimum absolute atomic E-state index is 0.0892. The van der Waals surface area contributed by atoms with Crippen LogP contribution >= 0.6 is 11.3 Å². The third kappa shape index (κ3) is 2.63. The molecule has 1 aliphatic rings. The van der Waals surface area contributed by atoms with E-state index in [9.17, 15) is 8.78 Å². The Kier molecular flexibility index (Phi) is 3.85. The van der Waals surface area contributed by atoms with Gasteiger partial charge in [0.2, 0.25) is 0 Å². The lowest BCUT2D eigenvalue weighted by Gasteiger charge is -2.11. The van der Waals surface area contributed by atoms with Gasteiger partial charge in [0.25, 0.3) is 0 Å². The second kappa shape index (κ2) is 5.62. The van der Waals surface area contributed by atoms with E-state index in [0.29, 0.717) is 0 Å². The van der Waals surface area contributed by atoms with Crippen molar-refractivity contribution >= 4 is 11.3 Å². The first kappa shape index (κ1) is 13.7. The molecular formula is C16H17F2NS. The lowest BCUT2D eigenvalue weighted by Crippen LogP contribution is -2.14. The van der Waals surface area contributed by atoms with Crippen LogP contribution in [0.3, 0.4) is 0 Å². The molecule has 0 saturated heterocycles.